The topological polar surface area (TPSA) is 84.9 Å². The minimum atomic E-state index is -0.247. The molecule has 1 aromatic carbocycles. The van der Waals surface area contributed by atoms with Crippen LogP contribution >= 0.6 is 11.8 Å². The number of piperidine rings is 1. The Hall–Kier alpha value is -2.65. The van der Waals surface area contributed by atoms with Gasteiger partial charge in [0.2, 0.25) is 0 Å². The number of hydrogen-bond acceptors (Lipinski definition) is 8. The first-order valence-corrected chi connectivity index (χ1v) is 13.3. The summed E-state index contributed by atoms with van der Waals surface area (Å²) >= 11 is 1.54. The van der Waals surface area contributed by atoms with Crippen molar-refractivity contribution in [2.45, 2.75) is 51.1 Å². The van der Waals surface area contributed by atoms with Crippen LogP contribution in [0.15, 0.2) is 35.5 Å². The SMILES string of the molecule is CCOC(=O)C1CCCN(C(=O)c2cccc(CSc3nc(COC)cc(N(CC)CC)n3)c2)C1. The molecule has 2 heterocycles. The molecule has 0 radical (unpaired) electrons. The maximum absolute atomic E-state index is 13.2. The van der Waals surface area contributed by atoms with Gasteiger partial charge in [0.25, 0.3) is 5.91 Å². The maximum atomic E-state index is 13.2. The van der Waals surface area contributed by atoms with Crippen molar-refractivity contribution in [1.29, 1.82) is 0 Å². The molecule has 0 aliphatic carbocycles. The van der Waals surface area contributed by atoms with Crippen LogP contribution < -0.4 is 4.90 Å². The lowest BCUT2D eigenvalue weighted by Gasteiger charge is -2.31. The van der Waals surface area contributed by atoms with Crippen LogP contribution in [0.2, 0.25) is 0 Å². The van der Waals surface area contributed by atoms with Crippen LogP contribution in [0.25, 0.3) is 0 Å². The molecule has 0 bridgehead atoms. The summed E-state index contributed by atoms with van der Waals surface area (Å²) in [4.78, 5) is 38.7. The van der Waals surface area contributed by atoms with Gasteiger partial charge in [-0.15, -0.1) is 0 Å². The highest BCUT2D eigenvalue weighted by Crippen LogP contribution is 2.25. The molecule has 0 N–H and O–H groups in total. The fourth-order valence-corrected chi connectivity index (χ4v) is 5.01. The zero-order chi connectivity index (χ0) is 25.2. The largest absolute Gasteiger partial charge is 0.466 e. The standard InChI is InChI=1S/C26H36N4O4S/c1-5-29(6-2)23-15-22(17-33-4)27-26(28-23)35-18-19-10-8-11-20(14-19)24(31)30-13-9-12-21(16-30)25(32)34-7-3/h8,10-11,14-15,21H,5-7,9,12-13,16-18H2,1-4H3. The first kappa shape index (κ1) is 26.9. The Bertz CT molecular complexity index is 999. The number of nitrogens with zero attached hydrogens (tertiary/aromatic N) is 4. The fraction of sp³-hybridized carbons (Fsp3) is 0.538. The number of esters is 1. The van der Waals surface area contributed by atoms with Gasteiger partial charge in [-0.3, -0.25) is 9.59 Å². The van der Waals surface area contributed by atoms with Gasteiger partial charge in [-0.1, -0.05) is 23.9 Å². The average molecular weight is 501 g/mol. The third-order valence-corrected chi connectivity index (χ3v) is 6.91. The van der Waals surface area contributed by atoms with Crippen molar-refractivity contribution in [3.8, 4) is 0 Å². The molecule has 2 aromatic rings. The Morgan fingerprint density at radius 2 is 1.97 bits per heavy atom. The molecule has 1 aliphatic heterocycles. The molecular weight excluding hydrogens is 464 g/mol. The molecule has 1 fully saturated rings. The molecular formula is C26H36N4O4S. The minimum Gasteiger partial charge on any atom is -0.466 e. The normalized spacial score (nSPS) is 15.7. The van der Waals surface area contributed by atoms with Crippen molar-refractivity contribution in [2.75, 3.05) is 44.8 Å². The lowest BCUT2D eigenvalue weighted by molar-refractivity contribution is -0.149. The molecule has 0 saturated carbocycles. The number of rotatable bonds is 11. The van der Waals surface area contributed by atoms with E-state index in [1.54, 1.807) is 30.7 Å². The van der Waals surface area contributed by atoms with Crippen LogP contribution in [0.4, 0.5) is 5.82 Å². The number of carbonyl (C=O) groups excluding carboxylic acids is 2. The zero-order valence-electron chi connectivity index (χ0n) is 21.2. The molecule has 1 aromatic heterocycles. The number of anilines is 1. The summed E-state index contributed by atoms with van der Waals surface area (Å²) in [6.45, 7) is 9.59. The number of thioether (sulfide) groups is 1. The Labute approximate surface area is 212 Å². The molecule has 3 rings (SSSR count). The summed E-state index contributed by atoms with van der Waals surface area (Å²) < 4.78 is 10.5. The highest BCUT2D eigenvalue weighted by atomic mass is 32.2. The van der Waals surface area contributed by atoms with E-state index in [4.69, 9.17) is 14.5 Å². The highest BCUT2D eigenvalue weighted by Gasteiger charge is 2.29. The maximum Gasteiger partial charge on any atom is 0.310 e. The van der Waals surface area contributed by atoms with Gasteiger partial charge in [0.1, 0.15) is 5.82 Å². The number of amides is 1. The number of ether oxygens (including phenoxy) is 2. The van der Waals surface area contributed by atoms with E-state index in [-0.39, 0.29) is 17.8 Å². The molecule has 8 nitrogen and oxygen atoms in total. The van der Waals surface area contributed by atoms with E-state index < -0.39 is 0 Å². The molecule has 190 valence electrons. The van der Waals surface area contributed by atoms with Crippen molar-refractivity contribution < 1.29 is 19.1 Å². The third-order valence-electron chi connectivity index (χ3n) is 6.00. The van der Waals surface area contributed by atoms with Gasteiger partial charge in [0.15, 0.2) is 5.16 Å². The van der Waals surface area contributed by atoms with Gasteiger partial charge >= 0.3 is 5.97 Å². The Balaban J connectivity index is 1.69. The van der Waals surface area contributed by atoms with E-state index >= 15 is 0 Å². The zero-order valence-corrected chi connectivity index (χ0v) is 22.0. The Morgan fingerprint density at radius 3 is 2.69 bits per heavy atom. The van der Waals surface area contributed by atoms with Crippen molar-refractivity contribution in [2.24, 2.45) is 5.92 Å². The first-order valence-electron chi connectivity index (χ1n) is 12.3. The lowest BCUT2D eigenvalue weighted by Crippen LogP contribution is -2.42. The van der Waals surface area contributed by atoms with Crippen LogP contribution in [0.5, 0.6) is 0 Å². The van der Waals surface area contributed by atoms with Crippen molar-refractivity contribution in [1.82, 2.24) is 14.9 Å². The fourth-order valence-electron chi connectivity index (χ4n) is 4.19. The average Bonchev–Trinajstić information content (AvgIpc) is 2.88. The quantitative estimate of drug-likeness (QED) is 0.258. The van der Waals surface area contributed by atoms with Gasteiger partial charge in [-0.05, 0) is 51.3 Å². The predicted octanol–water partition coefficient (Wildman–Crippen LogP) is 4.18. The van der Waals surface area contributed by atoms with Crippen LogP contribution in [-0.2, 0) is 26.6 Å². The predicted molar refractivity (Wildman–Crippen MR) is 138 cm³/mol. The molecule has 1 unspecified atom stereocenters. The number of aromatic nitrogens is 2. The molecule has 9 heteroatoms. The molecule has 35 heavy (non-hydrogen) atoms. The van der Waals surface area contributed by atoms with Crippen LogP contribution in [0, 0.1) is 5.92 Å². The van der Waals surface area contributed by atoms with Crippen molar-refractivity contribution >= 4 is 29.5 Å². The second-order valence-electron chi connectivity index (χ2n) is 8.44. The Kier molecular flexibility index (Phi) is 10.3. The summed E-state index contributed by atoms with van der Waals surface area (Å²) in [6.07, 6.45) is 1.56. The van der Waals surface area contributed by atoms with Crippen LogP contribution in [-0.4, -0.2) is 66.6 Å². The van der Waals surface area contributed by atoms with E-state index in [0.717, 1.165) is 43.0 Å². The summed E-state index contributed by atoms with van der Waals surface area (Å²) in [5.74, 6) is 1.02. The van der Waals surface area contributed by atoms with E-state index in [9.17, 15) is 9.59 Å². The van der Waals surface area contributed by atoms with E-state index in [2.05, 4.69) is 23.7 Å². The van der Waals surface area contributed by atoms with E-state index in [1.807, 2.05) is 30.3 Å². The van der Waals surface area contributed by atoms with Gasteiger partial charge in [-0.25, -0.2) is 9.97 Å². The first-order chi connectivity index (χ1) is 17.0. The summed E-state index contributed by atoms with van der Waals surface area (Å²) in [5, 5.41) is 0.687. The van der Waals surface area contributed by atoms with Crippen molar-refractivity contribution in [3.63, 3.8) is 0 Å². The molecule has 1 saturated heterocycles. The smallest absolute Gasteiger partial charge is 0.310 e. The number of benzene rings is 1. The summed E-state index contributed by atoms with van der Waals surface area (Å²) in [5.41, 5.74) is 2.49. The summed E-state index contributed by atoms with van der Waals surface area (Å²) in [6, 6.07) is 9.64. The molecule has 1 aliphatic rings. The van der Waals surface area contributed by atoms with Gasteiger partial charge < -0.3 is 19.3 Å². The number of methoxy groups -OCH3 is 1. The van der Waals surface area contributed by atoms with Gasteiger partial charge in [0, 0.05) is 50.7 Å². The van der Waals surface area contributed by atoms with Gasteiger partial charge in [-0.2, -0.15) is 0 Å². The van der Waals surface area contributed by atoms with Crippen LogP contribution in [0.3, 0.4) is 0 Å². The number of likely N-dealkylation sites (tertiary alicyclic amines) is 1. The van der Waals surface area contributed by atoms with E-state index in [0.29, 0.717) is 42.8 Å². The second-order valence-corrected chi connectivity index (χ2v) is 9.38. The third kappa shape index (κ3) is 7.41. The van der Waals surface area contributed by atoms with E-state index in [1.165, 1.54) is 0 Å². The van der Waals surface area contributed by atoms with Crippen LogP contribution in [0.1, 0.15) is 55.2 Å². The number of carbonyl (C=O) groups is 2. The van der Waals surface area contributed by atoms with Gasteiger partial charge in [0.05, 0.1) is 24.8 Å². The number of hydrogen-bond donors (Lipinski definition) is 0. The monoisotopic (exact) mass is 500 g/mol. The molecule has 1 atom stereocenters. The Morgan fingerprint density at radius 1 is 1.17 bits per heavy atom. The molecule has 1 amide bonds. The lowest BCUT2D eigenvalue weighted by atomic mass is 9.97. The molecule has 0 spiro atoms. The second kappa shape index (κ2) is 13.4. The van der Waals surface area contributed by atoms with Crippen molar-refractivity contribution in [3.05, 3.63) is 47.2 Å². The summed E-state index contributed by atoms with van der Waals surface area (Å²) in [7, 11) is 1.66. The minimum absolute atomic E-state index is 0.0481. The highest BCUT2D eigenvalue weighted by molar-refractivity contribution is 7.98.